The van der Waals surface area contributed by atoms with Crippen LogP contribution in [0.4, 0.5) is 0 Å². The largest absolute Gasteiger partial charge is 0.396 e. The maximum atomic E-state index is 9.47. The molecule has 0 aliphatic rings. The predicted octanol–water partition coefficient (Wildman–Crippen LogP) is 0.527. The second-order valence-electron chi connectivity index (χ2n) is 3.29. The Labute approximate surface area is 74.0 Å². The molecule has 0 bridgehead atoms. The number of rotatable bonds is 6. The Bertz CT molecular complexity index is 93.9. The quantitative estimate of drug-likeness (QED) is 0.553. The lowest BCUT2D eigenvalue weighted by atomic mass is 9.93. The second-order valence-corrected chi connectivity index (χ2v) is 3.29. The summed E-state index contributed by atoms with van der Waals surface area (Å²) in [6.45, 7) is 3.78. The highest BCUT2D eigenvalue weighted by Crippen LogP contribution is 2.15. The van der Waals surface area contributed by atoms with Gasteiger partial charge in [0.05, 0.1) is 12.2 Å². The van der Waals surface area contributed by atoms with E-state index in [4.69, 9.17) is 5.11 Å². The minimum absolute atomic E-state index is 0.0235. The molecule has 0 aliphatic heterocycles. The van der Waals surface area contributed by atoms with Gasteiger partial charge in [0.15, 0.2) is 0 Å². The van der Waals surface area contributed by atoms with E-state index in [1.807, 2.05) is 6.92 Å². The molecule has 3 nitrogen and oxygen atoms in total. The molecule has 0 saturated carbocycles. The molecule has 74 valence electrons. The van der Waals surface area contributed by atoms with Crippen molar-refractivity contribution in [3.05, 3.63) is 0 Å². The molecule has 3 N–H and O–H groups in total. The van der Waals surface area contributed by atoms with Gasteiger partial charge in [0.1, 0.15) is 0 Å². The molecule has 3 heteroatoms. The van der Waals surface area contributed by atoms with Crippen LogP contribution in [0.15, 0.2) is 0 Å². The number of aliphatic hydroxyl groups excluding tert-OH is 3. The average molecular weight is 176 g/mol. The Kier molecular flexibility index (Phi) is 6.34. The molecule has 0 radical (unpaired) electrons. The van der Waals surface area contributed by atoms with Crippen LogP contribution in [0.5, 0.6) is 0 Å². The number of hydrogen-bond donors (Lipinski definition) is 3. The SMILES string of the molecule is CCC[C@@H](O)[C@H](C)[C@H](O)CCO. The van der Waals surface area contributed by atoms with Crippen molar-refractivity contribution >= 4 is 0 Å². The predicted molar refractivity (Wildman–Crippen MR) is 47.8 cm³/mol. The molecule has 0 rings (SSSR count). The van der Waals surface area contributed by atoms with Crippen LogP contribution in [-0.4, -0.2) is 34.1 Å². The van der Waals surface area contributed by atoms with Gasteiger partial charge in [-0.1, -0.05) is 20.3 Å². The molecule has 0 aliphatic carbocycles. The molecular formula is C9H20O3. The van der Waals surface area contributed by atoms with Crippen molar-refractivity contribution in [2.24, 2.45) is 5.92 Å². The van der Waals surface area contributed by atoms with Gasteiger partial charge in [-0.25, -0.2) is 0 Å². The van der Waals surface area contributed by atoms with Gasteiger partial charge in [0, 0.05) is 12.5 Å². The lowest BCUT2D eigenvalue weighted by Crippen LogP contribution is -2.30. The van der Waals surface area contributed by atoms with Crippen LogP contribution in [0.3, 0.4) is 0 Å². The van der Waals surface area contributed by atoms with Gasteiger partial charge in [-0.3, -0.25) is 0 Å². The van der Waals surface area contributed by atoms with Gasteiger partial charge in [-0.2, -0.15) is 0 Å². The summed E-state index contributed by atoms with van der Waals surface area (Å²) in [5, 5.41) is 27.4. The van der Waals surface area contributed by atoms with Crippen molar-refractivity contribution in [2.75, 3.05) is 6.61 Å². The molecule has 0 fully saturated rings. The van der Waals surface area contributed by atoms with Crippen molar-refractivity contribution in [2.45, 2.75) is 45.3 Å². The molecule has 0 saturated heterocycles. The van der Waals surface area contributed by atoms with E-state index in [0.717, 1.165) is 6.42 Å². The minimum atomic E-state index is -0.587. The van der Waals surface area contributed by atoms with Gasteiger partial charge < -0.3 is 15.3 Å². The van der Waals surface area contributed by atoms with Crippen molar-refractivity contribution in [3.8, 4) is 0 Å². The third-order valence-electron chi connectivity index (χ3n) is 2.22. The molecule has 3 atom stereocenters. The molecule has 0 unspecified atom stereocenters. The van der Waals surface area contributed by atoms with Crippen LogP contribution in [0.25, 0.3) is 0 Å². The third kappa shape index (κ3) is 4.04. The Hall–Kier alpha value is -0.120. The fourth-order valence-corrected chi connectivity index (χ4v) is 1.21. The Morgan fingerprint density at radius 2 is 1.58 bits per heavy atom. The minimum Gasteiger partial charge on any atom is -0.396 e. The van der Waals surface area contributed by atoms with Crippen molar-refractivity contribution in [1.29, 1.82) is 0 Å². The smallest absolute Gasteiger partial charge is 0.0612 e. The normalized spacial score (nSPS) is 18.8. The molecule has 0 aromatic heterocycles. The highest BCUT2D eigenvalue weighted by atomic mass is 16.3. The number of aliphatic hydroxyl groups is 3. The monoisotopic (exact) mass is 176 g/mol. The highest BCUT2D eigenvalue weighted by Gasteiger charge is 2.20. The fourth-order valence-electron chi connectivity index (χ4n) is 1.21. The van der Waals surface area contributed by atoms with Crippen LogP contribution in [0.2, 0.25) is 0 Å². The lowest BCUT2D eigenvalue weighted by molar-refractivity contribution is 0.00612. The summed E-state index contributed by atoms with van der Waals surface area (Å²) in [5.41, 5.74) is 0. The lowest BCUT2D eigenvalue weighted by Gasteiger charge is -2.23. The maximum Gasteiger partial charge on any atom is 0.0612 e. The summed E-state index contributed by atoms with van der Waals surface area (Å²) in [6, 6.07) is 0. The first-order valence-corrected chi connectivity index (χ1v) is 4.60. The van der Waals surface area contributed by atoms with Crippen LogP contribution in [-0.2, 0) is 0 Å². The molecule has 0 aromatic carbocycles. The zero-order valence-corrected chi connectivity index (χ0v) is 7.90. The summed E-state index contributed by atoms with van der Waals surface area (Å²) in [5.74, 6) is -0.142. The van der Waals surface area contributed by atoms with E-state index in [9.17, 15) is 10.2 Å². The van der Waals surface area contributed by atoms with Gasteiger partial charge in [0.2, 0.25) is 0 Å². The van der Waals surface area contributed by atoms with Crippen LogP contribution in [0.1, 0.15) is 33.1 Å². The average Bonchev–Trinajstić information content (AvgIpc) is 2.04. The Morgan fingerprint density at radius 1 is 1.08 bits per heavy atom. The standard InChI is InChI=1S/C9H20O3/c1-3-4-8(11)7(2)9(12)5-6-10/h7-12H,3-6H2,1-2H3/t7-,8+,9+/m0/s1. The van der Waals surface area contributed by atoms with E-state index >= 15 is 0 Å². The zero-order chi connectivity index (χ0) is 9.56. The Balaban J connectivity index is 3.73. The number of hydrogen-bond acceptors (Lipinski definition) is 3. The second kappa shape index (κ2) is 6.40. The third-order valence-corrected chi connectivity index (χ3v) is 2.22. The summed E-state index contributed by atoms with van der Waals surface area (Å²) >= 11 is 0. The summed E-state index contributed by atoms with van der Waals surface area (Å²) < 4.78 is 0. The van der Waals surface area contributed by atoms with Crippen molar-refractivity contribution in [3.63, 3.8) is 0 Å². The summed E-state index contributed by atoms with van der Waals surface area (Å²) in [4.78, 5) is 0. The molecule has 0 heterocycles. The zero-order valence-electron chi connectivity index (χ0n) is 7.90. The van der Waals surface area contributed by atoms with E-state index in [2.05, 4.69) is 0 Å². The molecule has 0 spiro atoms. The van der Waals surface area contributed by atoms with E-state index in [1.165, 1.54) is 0 Å². The maximum absolute atomic E-state index is 9.47. The van der Waals surface area contributed by atoms with Crippen LogP contribution in [0, 0.1) is 5.92 Å². The first-order valence-electron chi connectivity index (χ1n) is 4.60. The van der Waals surface area contributed by atoms with Gasteiger partial charge in [-0.15, -0.1) is 0 Å². The van der Waals surface area contributed by atoms with E-state index in [-0.39, 0.29) is 12.5 Å². The van der Waals surface area contributed by atoms with Gasteiger partial charge >= 0.3 is 0 Å². The fraction of sp³-hybridized carbons (Fsp3) is 1.00. The summed E-state index contributed by atoms with van der Waals surface area (Å²) in [6.07, 6.45) is 0.941. The van der Waals surface area contributed by atoms with Crippen LogP contribution < -0.4 is 0 Å². The highest BCUT2D eigenvalue weighted by molar-refractivity contribution is 4.71. The molecule has 0 aromatic rings. The van der Waals surface area contributed by atoms with E-state index < -0.39 is 12.2 Å². The van der Waals surface area contributed by atoms with Gasteiger partial charge in [-0.05, 0) is 12.8 Å². The van der Waals surface area contributed by atoms with E-state index in [0.29, 0.717) is 12.8 Å². The van der Waals surface area contributed by atoms with Crippen molar-refractivity contribution < 1.29 is 15.3 Å². The molecule has 0 amide bonds. The topological polar surface area (TPSA) is 60.7 Å². The van der Waals surface area contributed by atoms with Crippen LogP contribution >= 0.6 is 0 Å². The van der Waals surface area contributed by atoms with E-state index in [1.54, 1.807) is 6.92 Å². The first-order chi connectivity index (χ1) is 5.63. The Morgan fingerprint density at radius 3 is 2.00 bits per heavy atom. The summed E-state index contributed by atoms with van der Waals surface area (Å²) in [7, 11) is 0. The first kappa shape index (κ1) is 11.9. The molecular weight excluding hydrogens is 156 g/mol. The van der Waals surface area contributed by atoms with Crippen molar-refractivity contribution in [1.82, 2.24) is 0 Å². The van der Waals surface area contributed by atoms with Gasteiger partial charge in [0.25, 0.3) is 0 Å². The molecule has 12 heavy (non-hydrogen) atoms.